The molecule has 2 unspecified atom stereocenters. The number of carbonyl (C=O) groups is 1. The molecule has 3 N–H and O–H groups in total. The van der Waals surface area contributed by atoms with Crippen molar-refractivity contribution in [1.29, 1.82) is 0 Å². The molecule has 2 atom stereocenters. The van der Waals surface area contributed by atoms with Crippen molar-refractivity contribution in [3.63, 3.8) is 0 Å². The normalized spacial score (nSPS) is 24.7. The molecule has 0 radical (unpaired) electrons. The van der Waals surface area contributed by atoms with Crippen LogP contribution in [0.25, 0.3) is 0 Å². The predicted molar refractivity (Wildman–Crippen MR) is 57.8 cm³/mol. The first-order valence-electron chi connectivity index (χ1n) is 5.70. The molecule has 0 aromatic heterocycles. The summed E-state index contributed by atoms with van der Waals surface area (Å²) in [6.07, 6.45) is 5.04. The van der Waals surface area contributed by atoms with Crippen LogP contribution in [0.5, 0.6) is 0 Å². The molecule has 1 fully saturated rings. The number of rotatable bonds is 7. The molecule has 0 spiro atoms. The first-order chi connectivity index (χ1) is 6.74. The first-order valence-corrected chi connectivity index (χ1v) is 5.70. The van der Waals surface area contributed by atoms with Crippen molar-refractivity contribution in [3.8, 4) is 0 Å². The van der Waals surface area contributed by atoms with E-state index in [1.54, 1.807) is 0 Å². The summed E-state index contributed by atoms with van der Waals surface area (Å²) in [5.41, 5.74) is 5.37. The van der Waals surface area contributed by atoms with Crippen LogP contribution in [0.4, 0.5) is 0 Å². The third-order valence-electron chi connectivity index (χ3n) is 2.95. The standard InChI is InChI=1S/C11H22N2O/c1-9-7-10(9)8-13-11(14)5-3-2-4-6-12/h9-10H,2-8,12H2,1H3,(H,13,14). The van der Waals surface area contributed by atoms with Gasteiger partial charge < -0.3 is 11.1 Å². The molecule has 0 aromatic rings. The van der Waals surface area contributed by atoms with E-state index in [0.717, 1.165) is 44.2 Å². The van der Waals surface area contributed by atoms with Crippen LogP contribution in [0.3, 0.4) is 0 Å². The lowest BCUT2D eigenvalue weighted by Gasteiger charge is -2.03. The monoisotopic (exact) mass is 198 g/mol. The lowest BCUT2D eigenvalue weighted by molar-refractivity contribution is -0.121. The highest BCUT2D eigenvalue weighted by Crippen LogP contribution is 2.36. The van der Waals surface area contributed by atoms with Gasteiger partial charge in [0.2, 0.25) is 5.91 Å². The van der Waals surface area contributed by atoms with E-state index in [1.807, 2.05) is 0 Å². The molecule has 1 rings (SSSR count). The Morgan fingerprint density at radius 2 is 2.14 bits per heavy atom. The van der Waals surface area contributed by atoms with Crippen LogP contribution in [0.2, 0.25) is 0 Å². The highest BCUT2D eigenvalue weighted by molar-refractivity contribution is 5.75. The van der Waals surface area contributed by atoms with Crippen LogP contribution >= 0.6 is 0 Å². The summed E-state index contributed by atoms with van der Waals surface area (Å²) < 4.78 is 0. The molecule has 0 aliphatic heterocycles. The quantitative estimate of drug-likeness (QED) is 0.605. The smallest absolute Gasteiger partial charge is 0.220 e. The number of unbranched alkanes of at least 4 members (excludes halogenated alkanes) is 2. The van der Waals surface area contributed by atoms with E-state index in [4.69, 9.17) is 5.73 Å². The summed E-state index contributed by atoms with van der Waals surface area (Å²) in [6.45, 7) is 3.86. The second-order valence-electron chi connectivity index (χ2n) is 4.38. The topological polar surface area (TPSA) is 55.1 Å². The lowest BCUT2D eigenvalue weighted by atomic mass is 10.2. The summed E-state index contributed by atoms with van der Waals surface area (Å²) in [6, 6.07) is 0. The van der Waals surface area contributed by atoms with Gasteiger partial charge in [-0.2, -0.15) is 0 Å². The zero-order valence-electron chi connectivity index (χ0n) is 9.09. The van der Waals surface area contributed by atoms with Gasteiger partial charge in [0.05, 0.1) is 0 Å². The summed E-state index contributed by atoms with van der Waals surface area (Å²) in [7, 11) is 0. The van der Waals surface area contributed by atoms with Gasteiger partial charge in [-0.25, -0.2) is 0 Å². The van der Waals surface area contributed by atoms with Gasteiger partial charge >= 0.3 is 0 Å². The lowest BCUT2D eigenvalue weighted by Crippen LogP contribution is -2.25. The molecule has 14 heavy (non-hydrogen) atoms. The Balaban J connectivity index is 1.88. The zero-order valence-corrected chi connectivity index (χ0v) is 9.09. The van der Waals surface area contributed by atoms with Gasteiger partial charge in [0.15, 0.2) is 0 Å². The zero-order chi connectivity index (χ0) is 10.4. The van der Waals surface area contributed by atoms with Crippen LogP contribution < -0.4 is 11.1 Å². The number of nitrogens with two attached hydrogens (primary N) is 1. The molecule has 0 saturated heterocycles. The molecular formula is C11H22N2O. The Bertz CT molecular complexity index is 182. The van der Waals surface area contributed by atoms with Crippen LogP contribution in [-0.2, 0) is 4.79 Å². The van der Waals surface area contributed by atoms with Gasteiger partial charge in [-0.15, -0.1) is 0 Å². The Labute approximate surface area is 86.4 Å². The van der Waals surface area contributed by atoms with Crippen molar-refractivity contribution in [3.05, 3.63) is 0 Å². The Kier molecular flexibility index (Phi) is 4.94. The largest absolute Gasteiger partial charge is 0.356 e. The molecule has 1 aliphatic carbocycles. The van der Waals surface area contributed by atoms with E-state index in [2.05, 4.69) is 12.2 Å². The summed E-state index contributed by atoms with van der Waals surface area (Å²) >= 11 is 0. The molecule has 0 bridgehead atoms. The van der Waals surface area contributed by atoms with E-state index in [-0.39, 0.29) is 5.91 Å². The molecule has 0 heterocycles. The minimum atomic E-state index is 0.209. The fraction of sp³-hybridized carbons (Fsp3) is 0.909. The summed E-state index contributed by atoms with van der Waals surface area (Å²) in [5.74, 6) is 1.79. The molecule has 82 valence electrons. The second-order valence-corrected chi connectivity index (χ2v) is 4.38. The van der Waals surface area contributed by atoms with Crippen molar-refractivity contribution in [2.24, 2.45) is 17.6 Å². The maximum atomic E-state index is 11.3. The van der Waals surface area contributed by atoms with E-state index in [0.29, 0.717) is 6.42 Å². The number of hydrogen-bond donors (Lipinski definition) is 2. The van der Waals surface area contributed by atoms with Crippen LogP contribution in [-0.4, -0.2) is 19.0 Å². The van der Waals surface area contributed by atoms with Crippen LogP contribution in [0.1, 0.15) is 39.0 Å². The first kappa shape index (κ1) is 11.5. The van der Waals surface area contributed by atoms with E-state index in [1.165, 1.54) is 6.42 Å². The van der Waals surface area contributed by atoms with Gasteiger partial charge in [-0.1, -0.05) is 13.3 Å². The third-order valence-corrected chi connectivity index (χ3v) is 2.95. The molecular weight excluding hydrogens is 176 g/mol. The Morgan fingerprint density at radius 1 is 1.43 bits per heavy atom. The average Bonchev–Trinajstić information content (AvgIpc) is 2.86. The van der Waals surface area contributed by atoms with Crippen LogP contribution in [0, 0.1) is 11.8 Å². The molecule has 1 amide bonds. The molecule has 1 saturated carbocycles. The van der Waals surface area contributed by atoms with E-state index >= 15 is 0 Å². The van der Waals surface area contributed by atoms with Crippen molar-refractivity contribution in [2.45, 2.75) is 39.0 Å². The van der Waals surface area contributed by atoms with Crippen molar-refractivity contribution in [2.75, 3.05) is 13.1 Å². The molecule has 3 heteroatoms. The van der Waals surface area contributed by atoms with E-state index < -0.39 is 0 Å². The Hall–Kier alpha value is -0.570. The minimum Gasteiger partial charge on any atom is -0.356 e. The predicted octanol–water partition coefficient (Wildman–Crippen LogP) is 1.28. The van der Waals surface area contributed by atoms with Gasteiger partial charge in [-0.05, 0) is 37.6 Å². The minimum absolute atomic E-state index is 0.209. The molecule has 0 aromatic carbocycles. The molecule has 3 nitrogen and oxygen atoms in total. The number of amides is 1. The van der Waals surface area contributed by atoms with Crippen molar-refractivity contribution >= 4 is 5.91 Å². The highest BCUT2D eigenvalue weighted by Gasteiger charge is 2.32. The van der Waals surface area contributed by atoms with Gasteiger partial charge in [-0.3, -0.25) is 4.79 Å². The van der Waals surface area contributed by atoms with E-state index in [9.17, 15) is 4.79 Å². The Morgan fingerprint density at radius 3 is 2.71 bits per heavy atom. The van der Waals surface area contributed by atoms with Crippen molar-refractivity contribution in [1.82, 2.24) is 5.32 Å². The maximum Gasteiger partial charge on any atom is 0.220 e. The van der Waals surface area contributed by atoms with Gasteiger partial charge in [0, 0.05) is 13.0 Å². The van der Waals surface area contributed by atoms with Gasteiger partial charge in [0.1, 0.15) is 0 Å². The van der Waals surface area contributed by atoms with Crippen molar-refractivity contribution < 1.29 is 4.79 Å². The number of carbonyl (C=O) groups excluding carboxylic acids is 1. The molecule has 1 aliphatic rings. The fourth-order valence-electron chi connectivity index (χ4n) is 1.62. The SMILES string of the molecule is CC1CC1CNC(=O)CCCCCN. The number of nitrogens with one attached hydrogen (secondary N) is 1. The fourth-order valence-corrected chi connectivity index (χ4v) is 1.62. The average molecular weight is 198 g/mol. The van der Waals surface area contributed by atoms with Crippen LogP contribution in [0.15, 0.2) is 0 Å². The highest BCUT2D eigenvalue weighted by atomic mass is 16.1. The summed E-state index contributed by atoms with van der Waals surface area (Å²) in [5, 5.41) is 2.98. The third kappa shape index (κ3) is 4.61. The van der Waals surface area contributed by atoms with Gasteiger partial charge in [0.25, 0.3) is 0 Å². The maximum absolute atomic E-state index is 11.3. The second kappa shape index (κ2) is 6.02. The summed E-state index contributed by atoms with van der Waals surface area (Å²) in [4.78, 5) is 11.3. The number of hydrogen-bond acceptors (Lipinski definition) is 2.